The molecule has 0 saturated carbocycles. The lowest BCUT2D eigenvalue weighted by molar-refractivity contribution is -0.126. The van der Waals surface area contributed by atoms with E-state index in [1.54, 1.807) is 19.2 Å². The maximum absolute atomic E-state index is 13.4. The van der Waals surface area contributed by atoms with Crippen LogP contribution in [0.2, 0.25) is 0 Å². The van der Waals surface area contributed by atoms with Crippen molar-refractivity contribution in [3.63, 3.8) is 0 Å². The van der Waals surface area contributed by atoms with E-state index < -0.39 is 47.5 Å². The van der Waals surface area contributed by atoms with Crippen molar-refractivity contribution in [3.8, 4) is 0 Å². The number of aromatic nitrogens is 2. The van der Waals surface area contributed by atoms with E-state index in [1.165, 1.54) is 10.9 Å². The molecule has 0 saturated heterocycles. The molecule has 2 amide bonds. The van der Waals surface area contributed by atoms with Gasteiger partial charge in [-0.1, -0.05) is 0 Å². The van der Waals surface area contributed by atoms with Crippen molar-refractivity contribution < 1.29 is 22.8 Å². The van der Waals surface area contributed by atoms with Gasteiger partial charge in [0.2, 0.25) is 11.8 Å². The van der Waals surface area contributed by atoms with Gasteiger partial charge in [-0.25, -0.2) is 13.2 Å². The number of carbonyl (C=O) groups excluding carboxylic acids is 2. The van der Waals surface area contributed by atoms with E-state index in [-0.39, 0.29) is 0 Å². The van der Waals surface area contributed by atoms with Gasteiger partial charge in [0.25, 0.3) is 0 Å². The molecule has 0 aliphatic heterocycles. The lowest BCUT2D eigenvalue weighted by Crippen LogP contribution is -2.37. The number of hydrogen-bond donors (Lipinski definition) is 2. The minimum Gasteiger partial charge on any atom is -0.345 e. The van der Waals surface area contributed by atoms with Crippen molar-refractivity contribution in [3.05, 3.63) is 48.0 Å². The van der Waals surface area contributed by atoms with Gasteiger partial charge in [-0.05, 0) is 25.1 Å². The van der Waals surface area contributed by atoms with Crippen LogP contribution in [0, 0.1) is 17.5 Å². The van der Waals surface area contributed by atoms with E-state index >= 15 is 0 Å². The Hall–Kier alpha value is -2.84. The van der Waals surface area contributed by atoms with E-state index in [1.807, 2.05) is 5.32 Å². The fourth-order valence-corrected chi connectivity index (χ4v) is 1.76. The molecule has 0 bridgehead atoms. The minimum atomic E-state index is -1.68. The number of anilines is 1. The van der Waals surface area contributed by atoms with Crippen LogP contribution in [-0.4, -0.2) is 28.1 Å². The van der Waals surface area contributed by atoms with Gasteiger partial charge in [0, 0.05) is 12.4 Å². The molecular weight excluding hydrogens is 313 g/mol. The van der Waals surface area contributed by atoms with Crippen LogP contribution in [0.15, 0.2) is 30.6 Å². The summed E-state index contributed by atoms with van der Waals surface area (Å²) < 4.78 is 40.6. The summed E-state index contributed by atoms with van der Waals surface area (Å²) >= 11 is 0. The van der Waals surface area contributed by atoms with Gasteiger partial charge in [0.05, 0.1) is 12.2 Å². The highest BCUT2D eigenvalue weighted by Crippen LogP contribution is 2.19. The Balaban J connectivity index is 1.91. The van der Waals surface area contributed by atoms with Crippen molar-refractivity contribution in [2.75, 3.05) is 11.9 Å². The summed E-state index contributed by atoms with van der Waals surface area (Å²) in [7, 11) is 0. The number of nitrogens with one attached hydrogen (secondary N) is 2. The largest absolute Gasteiger partial charge is 0.345 e. The number of benzene rings is 1. The van der Waals surface area contributed by atoms with Crippen LogP contribution in [0.25, 0.3) is 0 Å². The first-order chi connectivity index (χ1) is 10.9. The lowest BCUT2D eigenvalue weighted by Gasteiger charge is -2.13. The molecule has 0 fully saturated rings. The SMILES string of the molecule is CC(C(=O)NCC(=O)Nc1ccc(F)c(F)c1F)n1cccn1. The average Bonchev–Trinajstić information content (AvgIpc) is 3.07. The van der Waals surface area contributed by atoms with Gasteiger partial charge in [-0.3, -0.25) is 14.3 Å². The Morgan fingerprint density at radius 2 is 2.00 bits per heavy atom. The predicted molar refractivity (Wildman–Crippen MR) is 74.9 cm³/mol. The Labute approximate surface area is 129 Å². The third-order valence-electron chi connectivity index (χ3n) is 3.03. The van der Waals surface area contributed by atoms with Crippen LogP contribution in [-0.2, 0) is 9.59 Å². The van der Waals surface area contributed by atoms with E-state index in [0.717, 1.165) is 6.07 Å². The van der Waals surface area contributed by atoms with E-state index in [4.69, 9.17) is 0 Å². The van der Waals surface area contributed by atoms with Crippen LogP contribution in [0.5, 0.6) is 0 Å². The molecule has 1 heterocycles. The first kappa shape index (κ1) is 16.5. The number of nitrogens with zero attached hydrogens (tertiary/aromatic N) is 2. The summed E-state index contributed by atoms with van der Waals surface area (Å²) in [6.07, 6.45) is 3.09. The maximum atomic E-state index is 13.4. The number of rotatable bonds is 5. The molecule has 2 aromatic rings. The molecule has 1 atom stereocenters. The van der Waals surface area contributed by atoms with Gasteiger partial charge in [-0.15, -0.1) is 0 Å². The van der Waals surface area contributed by atoms with Crippen molar-refractivity contribution in [1.82, 2.24) is 15.1 Å². The third-order valence-corrected chi connectivity index (χ3v) is 3.03. The highest BCUT2D eigenvalue weighted by Gasteiger charge is 2.18. The van der Waals surface area contributed by atoms with Gasteiger partial charge in [0.15, 0.2) is 17.5 Å². The summed E-state index contributed by atoms with van der Waals surface area (Å²) in [5, 5.41) is 8.27. The molecule has 0 aliphatic rings. The minimum absolute atomic E-state index is 0.455. The second-order valence-electron chi connectivity index (χ2n) is 4.65. The highest BCUT2D eigenvalue weighted by molar-refractivity contribution is 5.95. The van der Waals surface area contributed by atoms with Crippen molar-refractivity contribution in [1.29, 1.82) is 0 Å². The molecule has 0 aliphatic carbocycles. The number of amides is 2. The summed E-state index contributed by atoms with van der Waals surface area (Å²) in [6, 6.07) is 2.58. The highest BCUT2D eigenvalue weighted by atomic mass is 19.2. The Morgan fingerprint density at radius 3 is 2.65 bits per heavy atom. The fourth-order valence-electron chi connectivity index (χ4n) is 1.76. The van der Waals surface area contributed by atoms with Gasteiger partial charge in [0.1, 0.15) is 6.04 Å². The molecular formula is C14H13F3N4O2. The molecule has 9 heteroatoms. The van der Waals surface area contributed by atoms with Crippen LogP contribution < -0.4 is 10.6 Å². The molecule has 1 aromatic carbocycles. The molecule has 122 valence electrons. The lowest BCUT2D eigenvalue weighted by atomic mass is 10.2. The standard InChI is InChI=1S/C14H13F3N4O2/c1-8(21-6-2-5-19-21)14(23)18-7-11(22)20-10-4-3-9(15)12(16)13(10)17/h2-6,8H,7H2,1H3,(H,18,23)(H,20,22). The monoisotopic (exact) mass is 326 g/mol. The van der Waals surface area contributed by atoms with Gasteiger partial charge < -0.3 is 10.6 Å². The Bertz CT molecular complexity index is 719. The third kappa shape index (κ3) is 3.87. The topological polar surface area (TPSA) is 76.0 Å². The first-order valence-electron chi connectivity index (χ1n) is 6.60. The van der Waals surface area contributed by atoms with Gasteiger partial charge in [-0.2, -0.15) is 5.10 Å². The van der Waals surface area contributed by atoms with Crippen molar-refractivity contribution in [2.24, 2.45) is 0 Å². The molecule has 1 unspecified atom stereocenters. The van der Waals surface area contributed by atoms with Crippen molar-refractivity contribution >= 4 is 17.5 Å². The average molecular weight is 326 g/mol. The van der Waals surface area contributed by atoms with Crippen LogP contribution in [0.4, 0.5) is 18.9 Å². The molecule has 2 rings (SSSR count). The summed E-state index contributed by atoms with van der Waals surface area (Å²) in [6.45, 7) is 1.12. The molecule has 2 N–H and O–H groups in total. The molecule has 1 aromatic heterocycles. The first-order valence-corrected chi connectivity index (χ1v) is 6.60. The Kier molecular flexibility index (Phi) is 4.99. The number of hydrogen-bond acceptors (Lipinski definition) is 3. The second kappa shape index (κ2) is 6.95. The molecule has 6 nitrogen and oxygen atoms in total. The van der Waals surface area contributed by atoms with Crippen LogP contribution in [0.3, 0.4) is 0 Å². The fraction of sp³-hybridized carbons (Fsp3) is 0.214. The Morgan fingerprint density at radius 1 is 1.26 bits per heavy atom. The van der Waals surface area contributed by atoms with E-state index in [9.17, 15) is 22.8 Å². The van der Waals surface area contributed by atoms with E-state index in [2.05, 4.69) is 10.4 Å². The zero-order chi connectivity index (χ0) is 17.0. The summed E-state index contributed by atoms with van der Waals surface area (Å²) in [5.41, 5.74) is -0.511. The summed E-state index contributed by atoms with van der Waals surface area (Å²) in [5.74, 6) is -5.80. The van der Waals surface area contributed by atoms with Crippen LogP contribution in [0.1, 0.15) is 13.0 Å². The second-order valence-corrected chi connectivity index (χ2v) is 4.65. The quantitative estimate of drug-likeness (QED) is 0.820. The molecule has 0 spiro atoms. The van der Waals surface area contributed by atoms with E-state index in [0.29, 0.717) is 6.07 Å². The predicted octanol–water partition coefficient (Wildman–Crippen LogP) is 1.62. The smallest absolute Gasteiger partial charge is 0.245 e. The zero-order valence-electron chi connectivity index (χ0n) is 12.0. The normalized spacial score (nSPS) is 11.8. The molecule has 0 radical (unpaired) electrons. The number of carbonyl (C=O) groups is 2. The number of halogens is 3. The van der Waals surface area contributed by atoms with Crippen LogP contribution >= 0.6 is 0 Å². The summed E-state index contributed by atoms with van der Waals surface area (Å²) in [4.78, 5) is 23.5. The zero-order valence-corrected chi connectivity index (χ0v) is 12.0. The molecule has 23 heavy (non-hydrogen) atoms. The van der Waals surface area contributed by atoms with Crippen molar-refractivity contribution in [2.45, 2.75) is 13.0 Å². The van der Waals surface area contributed by atoms with Gasteiger partial charge >= 0.3 is 0 Å². The maximum Gasteiger partial charge on any atom is 0.245 e.